The number of nitrogens with zero attached hydrogens (tertiary/aromatic N) is 1. The Balaban J connectivity index is 2.82. The topological polar surface area (TPSA) is 75.4 Å². The third kappa shape index (κ3) is 4.34. The normalized spacial score (nSPS) is 12.1. The molecule has 0 saturated heterocycles. The highest BCUT2D eigenvalue weighted by atomic mass is 35.5. The minimum atomic E-state index is -3.63. The summed E-state index contributed by atoms with van der Waals surface area (Å²) in [6, 6.07) is 2.97. The summed E-state index contributed by atoms with van der Waals surface area (Å²) >= 11 is 6.00. The molecule has 0 bridgehead atoms. The van der Waals surface area contributed by atoms with E-state index in [9.17, 15) is 8.42 Å². The van der Waals surface area contributed by atoms with E-state index in [2.05, 4.69) is 9.62 Å². The van der Waals surface area contributed by atoms with Crippen LogP contribution in [0, 0.1) is 6.92 Å². The summed E-state index contributed by atoms with van der Waals surface area (Å²) in [6.07, 6.45) is 0. The number of nitrogens with one attached hydrogen (secondary N) is 1. The molecule has 0 amide bonds. The molecule has 3 N–H and O–H groups in total. The zero-order valence-corrected chi connectivity index (χ0v) is 13.7. The van der Waals surface area contributed by atoms with E-state index >= 15 is 0 Å². The van der Waals surface area contributed by atoms with E-state index in [1.807, 2.05) is 13.8 Å². The lowest BCUT2D eigenvalue weighted by molar-refractivity contribution is 0.309. The number of likely N-dealkylation sites (N-methyl/N-ethyl adjacent to an activating group) is 1. The lowest BCUT2D eigenvalue weighted by Crippen LogP contribution is -2.34. The molecule has 5 nitrogen and oxygen atoms in total. The molecule has 0 fully saturated rings. The Morgan fingerprint density at radius 1 is 1.30 bits per heavy atom. The number of benzene rings is 1. The van der Waals surface area contributed by atoms with Crippen molar-refractivity contribution < 1.29 is 8.42 Å². The molecule has 0 saturated carbocycles. The summed E-state index contributed by atoms with van der Waals surface area (Å²) < 4.78 is 27.0. The number of nitrogen functional groups attached to an aromatic ring is 1. The van der Waals surface area contributed by atoms with Crippen molar-refractivity contribution in [3.8, 4) is 0 Å². The van der Waals surface area contributed by atoms with Crippen molar-refractivity contribution >= 4 is 27.3 Å². The first-order valence-electron chi connectivity index (χ1n) is 6.59. The summed E-state index contributed by atoms with van der Waals surface area (Å²) in [6.45, 7) is 8.63. The fourth-order valence-corrected chi connectivity index (χ4v) is 3.47. The van der Waals surface area contributed by atoms with E-state index in [0.29, 0.717) is 18.8 Å². The largest absolute Gasteiger partial charge is 0.398 e. The highest BCUT2D eigenvalue weighted by Crippen LogP contribution is 2.26. The van der Waals surface area contributed by atoms with Crippen LogP contribution in [0.3, 0.4) is 0 Å². The van der Waals surface area contributed by atoms with Crippen LogP contribution in [0.5, 0.6) is 0 Å². The lowest BCUT2D eigenvalue weighted by Gasteiger charge is -2.18. The van der Waals surface area contributed by atoms with Crippen LogP contribution in [0.1, 0.15) is 19.4 Å². The zero-order valence-electron chi connectivity index (χ0n) is 12.1. The van der Waals surface area contributed by atoms with Crippen LogP contribution < -0.4 is 10.5 Å². The van der Waals surface area contributed by atoms with Crippen LogP contribution >= 0.6 is 11.6 Å². The van der Waals surface area contributed by atoms with Crippen LogP contribution in [0.15, 0.2) is 17.0 Å². The molecule has 0 heterocycles. The van der Waals surface area contributed by atoms with Gasteiger partial charge in [0.15, 0.2) is 0 Å². The molecule has 1 rings (SSSR count). The molecule has 0 unspecified atom stereocenters. The predicted molar refractivity (Wildman–Crippen MR) is 83.6 cm³/mol. The number of nitrogens with two attached hydrogens (primary N) is 1. The Morgan fingerprint density at radius 3 is 2.45 bits per heavy atom. The van der Waals surface area contributed by atoms with E-state index in [4.69, 9.17) is 17.3 Å². The Hall–Kier alpha value is -0.820. The number of rotatable bonds is 7. The standard InChI is InChI=1S/C13H22ClN3O2S/c1-4-17(5-2)7-6-16-20(18,19)13-9-12(15)10(3)8-11(13)14/h8-9,16H,4-7,15H2,1-3H3. The number of anilines is 1. The fraction of sp³-hybridized carbons (Fsp3) is 0.538. The summed E-state index contributed by atoms with van der Waals surface area (Å²) in [5, 5.41) is 0.187. The molecule has 0 atom stereocenters. The maximum atomic E-state index is 12.2. The van der Waals surface area contributed by atoms with Crippen molar-refractivity contribution in [3.63, 3.8) is 0 Å². The van der Waals surface area contributed by atoms with Crippen molar-refractivity contribution in [2.24, 2.45) is 0 Å². The van der Waals surface area contributed by atoms with Gasteiger partial charge in [0.25, 0.3) is 0 Å². The SMILES string of the molecule is CCN(CC)CCNS(=O)(=O)c1cc(N)c(C)cc1Cl. The zero-order chi connectivity index (χ0) is 15.3. The van der Waals surface area contributed by atoms with Crippen LogP contribution in [-0.4, -0.2) is 39.5 Å². The number of hydrogen-bond donors (Lipinski definition) is 2. The van der Waals surface area contributed by atoms with Gasteiger partial charge in [-0.15, -0.1) is 0 Å². The predicted octanol–water partition coefficient (Wildman–Crippen LogP) is 1.85. The first-order valence-corrected chi connectivity index (χ1v) is 8.45. The highest BCUT2D eigenvalue weighted by Gasteiger charge is 2.19. The average Bonchev–Trinajstić information content (AvgIpc) is 2.38. The van der Waals surface area contributed by atoms with Gasteiger partial charge in [0.1, 0.15) is 4.90 Å². The van der Waals surface area contributed by atoms with Crippen LogP contribution in [0.2, 0.25) is 5.02 Å². The van der Waals surface area contributed by atoms with Crippen molar-refractivity contribution in [3.05, 3.63) is 22.7 Å². The minimum absolute atomic E-state index is 0.0295. The second-order valence-corrected chi connectivity index (χ2v) is 6.71. The minimum Gasteiger partial charge on any atom is -0.398 e. The lowest BCUT2D eigenvalue weighted by atomic mass is 10.2. The van der Waals surface area contributed by atoms with Gasteiger partial charge < -0.3 is 10.6 Å². The molecule has 0 aromatic heterocycles. The summed E-state index contributed by atoms with van der Waals surface area (Å²) in [5.41, 5.74) is 6.92. The Labute approximate surface area is 126 Å². The van der Waals surface area contributed by atoms with E-state index in [-0.39, 0.29) is 9.92 Å². The Bertz CT molecular complexity index is 557. The van der Waals surface area contributed by atoms with Crippen LogP contribution in [0.25, 0.3) is 0 Å². The number of hydrogen-bond acceptors (Lipinski definition) is 4. The third-order valence-electron chi connectivity index (χ3n) is 3.22. The molecule has 114 valence electrons. The van der Waals surface area contributed by atoms with Crippen molar-refractivity contribution in [2.45, 2.75) is 25.7 Å². The van der Waals surface area contributed by atoms with Gasteiger partial charge in [0, 0.05) is 18.8 Å². The molecule has 1 aromatic carbocycles. The second-order valence-electron chi connectivity index (χ2n) is 4.56. The van der Waals surface area contributed by atoms with E-state index in [1.54, 1.807) is 13.0 Å². The first kappa shape index (κ1) is 17.2. The van der Waals surface area contributed by atoms with E-state index in [0.717, 1.165) is 18.7 Å². The second kappa shape index (κ2) is 7.26. The summed E-state index contributed by atoms with van der Waals surface area (Å²) in [4.78, 5) is 2.16. The maximum Gasteiger partial charge on any atom is 0.242 e. The first-order chi connectivity index (χ1) is 9.31. The molecular formula is C13H22ClN3O2S. The smallest absolute Gasteiger partial charge is 0.242 e. The van der Waals surface area contributed by atoms with Gasteiger partial charge in [-0.25, -0.2) is 13.1 Å². The molecular weight excluding hydrogens is 298 g/mol. The molecule has 20 heavy (non-hydrogen) atoms. The monoisotopic (exact) mass is 319 g/mol. The molecule has 0 aliphatic carbocycles. The van der Waals surface area contributed by atoms with Crippen molar-refractivity contribution in [1.29, 1.82) is 0 Å². The van der Waals surface area contributed by atoms with Gasteiger partial charge in [0.05, 0.1) is 5.02 Å². The van der Waals surface area contributed by atoms with Gasteiger partial charge in [-0.1, -0.05) is 25.4 Å². The maximum absolute atomic E-state index is 12.2. The molecule has 0 spiro atoms. The molecule has 1 aromatic rings. The van der Waals surface area contributed by atoms with E-state index in [1.165, 1.54) is 6.07 Å². The van der Waals surface area contributed by atoms with Gasteiger partial charge in [-0.2, -0.15) is 0 Å². The number of halogens is 1. The number of aryl methyl sites for hydroxylation is 1. The van der Waals surface area contributed by atoms with Crippen LogP contribution in [0.4, 0.5) is 5.69 Å². The fourth-order valence-electron chi connectivity index (χ4n) is 1.83. The third-order valence-corrected chi connectivity index (χ3v) is 5.15. The van der Waals surface area contributed by atoms with Crippen molar-refractivity contribution in [2.75, 3.05) is 31.9 Å². The molecule has 0 aliphatic rings. The average molecular weight is 320 g/mol. The summed E-state index contributed by atoms with van der Waals surface area (Å²) in [5.74, 6) is 0. The van der Waals surface area contributed by atoms with Gasteiger partial charge in [-0.3, -0.25) is 0 Å². The van der Waals surface area contributed by atoms with Gasteiger partial charge in [0.2, 0.25) is 10.0 Å². The quantitative estimate of drug-likeness (QED) is 0.752. The van der Waals surface area contributed by atoms with Gasteiger partial charge in [-0.05, 0) is 37.7 Å². The van der Waals surface area contributed by atoms with Crippen molar-refractivity contribution in [1.82, 2.24) is 9.62 Å². The molecule has 0 radical (unpaired) electrons. The highest BCUT2D eigenvalue weighted by molar-refractivity contribution is 7.89. The van der Waals surface area contributed by atoms with E-state index < -0.39 is 10.0 Å². The summed E-state index contributed by atoms with van der Waals surface area (Å²) in [7, 11) is -3.63. The Morgan fingerprint density at radius 2 is 1.90 bits per heavy atom. The van der Waals surface area contributed by atoms with Gasteiger partial charge >= 0.3 is 0 Å². The number of sulfonamides is 1. The van der Waals surface area contributed by atoms with Crippen LogP contribution in [-0.2, 0) is 10.0 Å². The molecule has 7 heteroatoms. The Kier molecular flexibility index (Phi) is 6.26. The molecule has 0 aliphatic heterocycles.